The molecule has 272 valence electrons. The molecule has 3 aliphatic carbocycles. The fourth-order valence-corrected chi connectivity index (χ4v) is 10.4. The summed E-state index contributed by atoms with van der Waals surface area (Å²) in [6.07, 6.45) is -7.75. The lowest BCUT2D eigenvalue weighted by molar-refractivity contribution is -0.162. The second kappa shape index (κ2) is 10.7. The number of hydrogen-bond donors (Lipinski definition) is 0. The lowest BCUT2D eigenvalue weighted by atomic mass is 9.60. The van der Waals surface area contributed by atoms with Gasteiger partial charge in [0, 0.05) is 43.9 Å². The molecule has 2 heterocycles. The van der Waals surface area contributed by atoms with Gasteiger partial charge in [-0.3, -0.25) is 0 Å². The zero-order valence-corrected chi connectivity index (χ0v) is 30.6. The summed E-state index contributed by atoms with van der Waals surface area (Å²) in [5, 5.41) is 2.20. The van der Waals surface area contributed by atoms with Crippen molar-refractivity contribution in [2.75, 3.05) is 4.90 Å². The van der Waals surface area contributed by atoms with Gasteiger partial charge in [0.25, 0.3) is 0 Å². The molecule has 2 bridgehead atoms. The second-order valence-electron chi connectivity index (χ2n) is 16.6. The average molecular weight is 723 g/mol. The highest BCUT2D eigenvalue weighted by atomic mass is 19.4. The molecule has 53 heavy (non-hydrogen) atoms. The predicted octanol–water partition coefficient (Wildman–Crippen LogP) is 13.4. The molecule has 0 N–H and O–H groups in total. The maximum Gasteiger partial charge on any atom is 0.417 e. The number of alkyl halides is 6. The van der Waals surface area contributed by atoms with Crippen LogP contribution < -0.4 is 4.90 Å². The lowest BCUT2D eigenvalue weighted by Gasteiger charge is -2.50. The van der Waals surface area contributed by atoms with Gasteiger partial charge >= 0.3 is 12.4 Å². The van der Waals surface area contributed by atoms with Gasteiger partial charge in [-0.15, -0.1) is 0 Å². The highest BCUT2D eigenvalue weighted by Crippen LogP contribution is 2.68. The summed E-state index contributed by atoms with van der Waals surface area (Å²) in [5.41, 5.74) is 7.72. The van der Waals surface area contributed by atoms with Gasteiger partial charge in [-0.1, -0.05) is 60.9 Å². The molecule has 0 unspecified atom stereocenters. The molecule has 1 aliphatic heterocycles. The summed E-state index contributed by atoms with van der Waals surface area (Å²) in [6.45, 7) is 12.4. The number of benzene rings is 5. The molecule has 0 amide bonds. The molecule has 4 aliphatic rings. The number of hydrogen-bond acceptors (Lipinski definition) is 1. The molecular formula is C45H40F6N2. The molecule has 5 aromatic carbocycles. The zero-order valence-electron chi connectivity index (χ0n) is 30.6. The van der Waals surface area contributed by atoms with E-state index >= 15 is 0 Å². The van der Waals surface area contributed by atoms with Crippen LogP contribution in [0, 0.1) is 27.7 Å². The Kier molecular flexibility index (Phi) is 6.88. The maximum absolute atomic E-state index is 14.1. The normalized spacial score (nSPS) is 21.9. The van der Waals surface area contributed by atoms with E-state index in [1.165, 1.54) is 29.2 Å². The molecule has 2 nitrogen and oxygen atoms in total. The van der Waals surface area contributed by atoms with Crippen LogP contribution in [0.3, 0.4) is 0 Å². The summed E-state index contributed by atoms with van der Waals surface area (Å²) in [6, 6.07) is 27.9. The molecule has 1 aromatic heterocycles. The SMILES string of the molecule is Cc1ccc2c(c1)C(C)(C)c1cc(C)ccc1N2c1ccc2c(c1)c1cc(C)ccc1n2C12CCC(c3cc(C(F)(F)F)c(C(F)(F)F)cc3C)(C1)C2. The van der Waals surface area contributed by atoms with Crippen LogP contribution >= 0.6 is 0 Å². The molecule has 0 radical (unpaired) electrons. The number of halogens is 6. The van der Waals surface area contributed by atoms with Crippen LogP contribution in [0.25, 0.3) is 21.8 Å². The lowest BCUT2D eigenvalue weighted by Crippen LogP contribution is -2.48. The summed E-state index contributed by atoms with van der Waals surface area (Å²) in [5.74, 6) is 0. The highest BCUT2D eigenvalue weighted by molar-refractivity contribution is 6.10. The van der Waals surface area contributed by atoms with Gasteiger partial charge in [0.05, 0.1) is 22.5 Å². The highest BCUT2D eigenvalue weighted by Gasteiger charge is 2.63. The van der Waals surface area contributed by atoms with Gasteiger partial charge in [-0.05, 0) is 130 Å². The van der Waals surface area contributed by atoms with Crippen molar-refractivity contribution < 1.29 is 26.3 Å². The van der Waals surface area contributed by atoms with E-state index in [1.54, 1.807) is 0 Å². The van der Waals surface area contributed by atoms with Crippen molar-refractivity contribution in [3.63, 3.8) is 0 Å². The Labute approximate surface area is 305 Å². The number of fused-ring (bicyclic) bond motifs is 6. The fourth-order valence-electron chi connectivity index (χ4n) is 10.4. The van der Waals surface area contributed by atoms with E-state index in [0.29, 0.717) is 30.9 Å². The summed E-state index contributed by atoms with van der Waals surface area (Å²) in [4.78, 5) is 2.36. The molecule has 3 saturated carbocycles. The van der Waals surface area contributed by atoms with E-state index in [0.717, 1.165) is 56.9 Å². The van der Waals surface area contributed by atoms with Crippen molar-refractivity contribution in [1.29, 1.82) is 0 Å². The third-order valence-electron chi connectivity index (χ3n) is 12.7. The molecule has 6 aromatic rings. The van der Waals surface area contributed by atoms with Gasteiger partial charge in [0.2, 0.25) is 0 Å². The Balaban J connectivity index is 1.19. The molecule has 10 rings (SSSR count). The summed E-state index contributed by atoms with van der Waals surface area (Å²) in [7, 11) is 0. The van der Waals surface area contributed by atoms with Crippen LogP contribution in [-0.4, -0.2) is 4.57 Å². The van der Waals surface area contributed by atoms with Crippen LogP contribution in [0.4, 0.5) is 43.4 Å². The molecule has 3 fully saturated rings. The van der Waals surface area contributed by atoms with Crippen molar-refractivity contribution in [1.82, 2.24) is 4.57 Å². The first kappa shape index (κ1) is 34.1. The van der Waals surface area contributed by atoms with Crippen LogP contribution in [0.1, 0.15) is 89.6 Å². The Morgan fingerprint density at radius 2 is 1.06 bits per heavy atom. The number of nitrogens with zero attached hydrogens (tertiary/aromatic N) is 2. The van der Waals surface area contributed by atoms with Crippen LogP contribution in [0.15, 0.2) is 84.9 Å². The number of aromatic nitrogens is 1. The van der Waals surface area contributed by atoms with Crippen molar-refractivity contribution in [3.8, 4) is 0 Å². The van der Waals surface area contributed by atoms with Crippen molar-refractivity contribution >= 4 is 38.9 Å². The van der Waals surface area contributed by atoms with Gasteiger partial charge in [-0.2, -0.15) is 26.3 Å². The Bertz CT molecular complexity index is 2470. The molecule has 0 spiro atoms. The monoisotopic (exact) mass is 722 g/mol. The maximum atomic E-state index is 14.1. The third-order valence-corrected chi connectivity index (χ3v) is 12.7. The first-order chi connectivity index (χ1) is 24.8. The Hall–Kier alpha value is -4.72. The van der Waals surface area contributed by atoms with E-state index in [4.69, 9.17) is 0 Å². The molecule has 0 saturated heterocycles. The minimum atomic E-state index is -5.12. The van der Waals surface area contributed by atoms with E-state index in [-0.39, 0.29) is 16.5 Å². The number of rotatable bonds is 3. The van der Waals surface area contributed by atoms with Crippen LogP contribution in [0.2, 0.25) is 0 Å². The smallest absolute Gasteiger partial charge is 0.334 e. The van der Waals surface area contributed by atoms with Crippen molar-refractivity contribution in [2.45, 2.75) is 95.9 Å². The number of aryl methyl sites for hydroxylation is 4. The van der Waals surface area contributed by atoms with Crippen LogP contribution in [0.5, 0.6) is 0 Å². The molecule has 0 atom stereocenters. The first-order valence-electron chi connectivity index (χ1n) is 18.2. The van der Waals surface area contributed by atoms with E-state index < -0.39 is 28.9 Å². The minimum Gasteiger partial charge on any atom is -0.334 e. The van der Waals surface area contributed by atoms with Gasteiger partial charge in [0.15, 0.2) is 0 Å². The summed E-state index contributed by atoms with van der Waals surface area (Å²) < 4.78 is 86.1. The van der Waals surface area contributed by atoms with Gasteiger partial charge in [-0.25, -0.2) is 0 Å². The fraction of sp³-hybridized carbons (Fsp3) is 0.333. The second-order valence-corrected chi connectivity index (χ2v) is 16.6. The largest absolute Gasteiger partial charge is 0.417 e. The third kappa shape index (κ3) is 4.79. The molecular weight excluding hydrogens is 682 g/mol. The van der Waals surface area contributed by atoms with Gasteiger partial charge in [0.1, 0.15) is 0 Å². The average Bonchev–Trinajstić information content (AvgIpc) is 3.73. The van der Waals surface area contributed by atoms with Crippen LogP contribution in [-0.2, 0) is 28.7 Å². The van der Waals surface area contributed by atoms with Crippen molar-refractivity contribution in [3.05, 3.63) is 135 Å². The Morgan fingerprint density at radius 3 is 1.64 bits per heavy atom. The standard InChI is InChI=1S/C45H40F6N2/c1-25-7-11-37-30(17-25)31-21-29(52-39-12-8-26(2)18-35(39)41(5,6)36-19-27(3)9-13-40(36)52)10-14-38(31)53(37)43-16-15-42(23-43,24-43)32-22-34(45(49,50)51)33(20-28(32)4)44(46,47)48/h7-14,17-22H,15-16,23-24H2,1-6H3. The van der Waals surface area contributed by atoms with Crippen molar-refractivity contribution in [2.24, 2.45) is 0 Å². The summed E-state index contributed by atoms with van der Waals surface area (Å²) >= 11 is 0. The van der Waals surface area contributed by atoms with Gasteiger partial charge < -0.3 is 9.47 Å². The first-order valence-corrected chi connectivity index (χ1v) is 18.2. The molecule has 8 heteroatoms. The topological polar surface area (TPSA) is 8.17 Å². The van der Waals surface area contributed by atoms with E-state index in [1.807, 2.05) is 0 Å². The Morgan fingerprint density at radius 1 is 0.547 bits per heavy atom. The number of anilines is 3. The van der Waals surface area contributed by atoms with E-state index in [2.05, 4.69) is 117 Å². The quantitative estimate of drug-likeness (QED) is 0.165. The zero-order chi connectivity index (χ0) is 37.6. The predicted molar refractivity (Wildman–Crippen MR) is 200 cm³/mol. The van der Waals surface area contributed by atoms with E-state index in [9.17, 15) is 26.3 Å². The minimum absolute atomic E-state index is 0.207.